The molecule has 0 aliphatic heterocycles. The van der Waals surface area contributed by atoms with Gasteiger partial charge in [-0.3, -0.25) is 25.8 Å². The summed E-state index contributed by atoms with van der Waals surface area (Å²) in [4.78, 5) is 23.6. The van der Waals surface area contributed by atoms with Crippen LogP contribution in [0.3, 0.4) is 0 Å². The minimum absolute atomic E-state index is 0.0308. The molecule has 6 heteroatoms. The number of benzene rings is 3. The fourth-order valence-corrected chi connectivity index (χ4v) is 4.19. The Bertz CT molecular complexity index is 1140. The number of rotatable bonds is 7. The number of carbonyl (C=O) groups excluding carboxylic acids is 1. The first-order valence-electron chi connectivity index (χ1n) is 10.4. The second kappa shape index (κ2) is 8.30. The zero-order valence-corrected chi connectivity index (χ0v) is 18.1. The quantitative estimate of drug-likeness (QED) is 0.419. The summed E-state index contributed by atoms with van der Waals surface area (Å²) in [5.74, 6) is -0.379. The van der Waals surface area contributed by atoms with E-state index in [2.05, 4.69) is 66.0 Å². The predicted molar refractivity (Wildman–Crippen MR) is 125 cm³/mol. The molecule has 32 heavy (non-hydrogen) atoms. The summed E-state index contributed by atoms with van der Waals surface area (Å²) in [7, 11) is 0. The summed E-state index contributed by atoms with van der Waals surface area (Å²) < 4.78 is 0. The van der Waals surface area contributed by atoms with Crippen LogP contribution in [0.15, 0.2) is 79.4 Å². The SMILES string of the molecule is C=C(NNC(=O)C1CC1(c1ccc(C)cc1)c1ccc(C)cc1)c1cccc([N+](=O)[O-])c1. The number of hydrogen-bond donors (Lipinski definition) is 2. The van der Waals surface area contributed by atoms with Gasteiger partial charge in [0.25, 0.3) is 5.69 Å². The van der Waals surface area contributed by atoms with Crippen molar-refractivity contribution in [2.45, 2.75) is 25.7 Å². The molecule has 162 valence electrons. The van der Waals surface area contributed by atoms with Crippen LogP contribution in [0.4, 0.5) is 5.69 Å². The number of nitrogens with zero attached hydrogens (tertiary/aromatic N) is 1. The fraction of sp³-hybridized carbons (Fsp3) is 0.192. The molecule has 1 unspecified atom stereocenters. The van der Waals surface area contributed by atoms with E-state index in [0.717, 1.165) is 11.1 Å². The van der Waals surface area contributed by atoms with Crippen molar-refractivity contribution in [3.63, 3.8) is 0 Å². The first-order chi connectivity index (χ1) is 15.3. The first-order valence-corrected chi connectivity index (χ1v) is 10.4. The van der Waals surface area contributed by atoms with E-state index in [-0.39, 0.29) is 22.9 Å². The van der Waals surface area contributed by atoms with Crippen molar-refractivity contribution in [1.82, 2.24) is 10.9 Å². The molecule has 0 spiro atoms. The van der Waals surface area contributed by atoms with Crippen LogP contribution in [0.5, 0.6) is 0 Å². The van der Waals surface area contributed by atoms with Crippen molar-refractivity contribution >= 4 is 17.3 Å². The summed E-state index contributed by atoms with van der Waals surface area (Å²) in [5, 5.41) is 11.0. The Balaban J connectivity index is 1.52. The molecule has 4 rings (SSSR count). The van der Waals surface area contributed by atoms with Gasteiger partial charge in [0, 0.05) is 23.1 Å². The number of hydrazine groups is 1. The van der Waals surface area contributed by atoms with Gasteiger partial charge in [0.15, 0.2) is 0 Å². The van der Waals surface area contributed by atoms with E-state index in [1.165, 1.54) is 23.3 Å². The molecule has 1 aliphatic carbocycles. The first kappa shape index (κ1) is 21.3. The second-order valence-electron chi connectivity index (χ2n) is 8.36. The summed E-state index contributed by atoms with van der Waals surface area (Å²) in [6.07, 6.45) is 0.704. The van der Waals surface area contributed by atoms with E-state index in [0.29, 0.717) is 17.7 Å². The maximum Gasteiger partial charge on any atom is 0.270 e. The predicted octanol–water partition coefficient (Wildman–Crippen LogP) is 4.81. The van der Waals surface area contributed by atoms with Crippen LogP contribution in [0.25, 0.3) is 5.70 Å². The third-order valence-electron chi connectivity index (χ3n) is 6.15. The van der Waals surface area contributed by atoms with Gasteiger partial charge in [-0.15, -0.1) is 0 Å². The molecule has 0 heterocycles. The van der Waals surface area contributed by atoms with Crippen LogP contribution in [-0.4, -0.2) is 10.8 Å². The summed E-state index contributed by atoms with van der Waals surface area (Å²) >= 11 is 0. The molecule has 1 fully saturated rings. The molecule has 1 amide bonds. The van der Waals surface area contributed by atoms with Gasteiger partial charge in [0.2, 0.25) is 5.91 Å². The Labute approximate surface area is 187 Å². The van der Waals surface area contributed by atoms with Gasteiger partial charge in [-0.2, -0.15) is 0 Å². The summed E-state index contributed by atoms with van der Waals surface area (Å²) in [6, 6.07) is 22.8. The number of nitrogens with one attached hydrogen (secondary N) is 2. The van der Waals surface area contributed by atoms with E-state index in [9.17, 15) is 14.9 Å². The number of amides is 1. The average molecular weight is 428 g/mol. The van der Waals surface area contributed by atoms with Crippen LogP contribution in [0, 0.1) is 29.9 Å². The number of hydrogen-bond acceptors (Lipinski definition) is 4. The van der Waals surface area contributed by atoms with Crippen molar-refractivity contribution in [3.05, 3.63) is 117 Å². The second-order valence-corrected chi connectivity index (χ2v) is 8.36. The van der Waals surface area contributed by atoms with Gasteiger partial charge >= 0.3 is 0 Å². The van der Waals surface area contributed by atoms with Crippen molar-refractivity contribution in [3.8, 4) is 0 Å². The van der Waals surface area contributed by atoms with Gasteiger partial charge in [-0.1, -0.05) is 78.4 Å². The molecular weight excluding hydrogens is 402 g/mol. The molecule has 0 radical (unpaired) electrons. The topological polar surface area (TPSA) is 84.3 Å². The van der Waals surface area contributed by atoms with Gasteiger partial charge in [-0.25, -0.2) is 0 Å². The van der Waals surface area contributed by atoms with Gasteiger partial charge in [0.05, 0.1) is 16.5 Å². The van der Waals surface area contributed by atoms with E-state index in [1.807, 2.05) is 13.8 Å². The highest BCUT2D eigenvalue weighted by Crippen LogP contribution is 2.59. The number of aryl methyl sites for hydroxylation is 2. The molecule has 3 aromatic rings. The zero-order valence-electron chi connectivity index (χ0n) is 18.1. The van der Waals surface area contributed by atoms with Crippen LogP contribution >= 0.6 is 0 Å². The van der Waals surface area contributed by atoms with E-state index in [4.69, 9.17) is 0 Å². The maximum absolute atomic E-state index is 13.1. The van der Waals surface area contributed by atoms with Crippen LogP contribution < -0.4 is 10.9 Å². The molecule has 2 N–H and O–H groups in total. The molecule has 1 aliphatic rings. The fourth-order valence-electron chi connectivity index (χ4n) is 4.19. The van der Waals surface area contributed by atoms with E-state index in [1.54, 1.807) is 12.1 Å². The van der Waals surface area contributed by atoms with Crippen molar-refractivity contribution in [2.24, 2.45) is 5.92 Å². The highest BCUT2D eigenvalue weighted by molar-refractivity contribution is 5.86. The Morgan fingerprint density at radius 1 is 0.969 bits per heavy atom. The smallest absolute Gasteiger partial charge is 0.270 e. The lowest BCUT2D eigenvalue weighted by Gasteiger charge is -2.20. The molecule has 0 saturated heterocycles. The summed E-state index contributed by atoms with van der Waals surface area (Å²) in [6.45, 7) is 7.99. The molecule has 0 aromatic heterocycles. The third kappa shape index (κ3) is 3.99. The number of nitro benzene ring substituents is 1. The molecule has 0 bridgehead atoms. The normalized spacial score (nSPS) is 16.1. The monoisotopic (exact) mass is 427 g/mol. The highest BCUT2D eigenvalue weighted by Gasteiger charge is 2.60. The Morgan fingerprint density at radius 3 is 2.06 bits per heavy atom. The number of non-ortho nitro benzene ring substituents is 1. The van der Waals surface area contributed by atoms with Gasteiger partial charge in [-0.05, 0) is 31.4 Å². The maximum atomic E-state index is 13.1. The molecule has 1 saturated carbocycles. The molecular formula is C26H25N3O3. The molecule has 6 nitrogen and oxygen atoms in total. The lowest BCUT2D eigenvalue weighted by Crippen LogP contribution is -2.38. The van der Waals surface area contributed by atoms with Gasteiger partial charge in [0.1, 0.15) is 0 Å². The van der Waals surface area contributed by atoms with Crippen LogP contribution in [0.2, 0.25) is 0 Å². The lowest BCUT2D eigenvalue weighted by atomic mass is 9.85. The standard InChI is InChI=1S/C26H25N3O3/c1-17-7-11-21(12-8-17)26(22-13-9-18(2)10-14-22)16-24(26)25(30)28-27-19(3)20-5-4-6-23(15-20)29(31)32/h4-15,24,27H,3,16H2,1-2H3,(H,28,30). The average Bonchev–Trinajstić information content (AvgIpc) is 3.55. The largest absolute Gasteiger partial charge is 0.299 e. The highest BCUT2D eigenvalue weighted by atomic mass is 16.6. The van der Waals surface area contributed by atoms with Crippen molar-refractivity contribution in [2.75, 3.05) is 0 Å². The van der Waals surface area contributed by atoms with Crippen molar-refractivity contribution in [1.29, 1.82) is 0 Å². The van der Waals surface area contributed by atoms with Crippen molar-refractivity contribution < 1.29 is 9.72 Å². The van der Waals surface area contributed by atoms with E-state index >= 15 is 0 Å². The minimum Gasteiger partial charge on any atom is -0.299 e. The summed E-state index contributed by atoms with van der Waals surface area (Å²) in [5.41, 5.74) is 10.7. The number of carbonyl (C=O) groups is 1. The molecule has 3 aromatic carbocycles. The van der Waals surface area contributed by atoms with Gasteiger partial charge < -0.3 is 0 Å². The Kier molecular flexibility index (Phi) is 5.53. The Hall–Kier alpha value is -3.93. The van der Waals surface area contributed by atoms with E-state index < -0.39 is 4.92 Å². The minimum atomic E-state index is -0.461. The zero-order chi connectivity index (χ0) is 22.9. The third-order valence-corrected chi connectivity index (χ3v) is 6.15. The number of nitro groups is 1. The Morgan fingerprint density at radius 2 is 1.53 bits per heavy atom. The van der Waals surface area contributed by atoms with Crippen LogP contribution in [-0.2, 0) is 10.2 Å². The lowest BCUT2D eigenvalue weighted by molar-refractivity contribution is -0.384. The molecule has 1 atom stereocenters. The van der Waals surface area contributed by atoms with Crippen LogP contribution in [0.1, 0.15) is 34.2 Å².